The number of thiazole rings is 1. The van der Waals surface area contributed by atoms with Gasteiger partial charge in [-0.25, -0.2) is 9.88 Å². The highest BCUT2D eigenvalue weighted by Gasteiger charge is 2.29. The molecule has 2 amide bonds. The maximum atomic E-state index is 13.6. The molecule has 2 N–H and O–H groups in total. The molecule has 0 aliphatic carbocycles. The van der Waals surface area contributed by atoms with E-state index in [0.717, 1.165) is 27.4 Å². The number of nitrogens with one attached hydrogen (secondary N) is 2. The Bertz CT molecular complexity index is 1740. The molecule has 0 aliphatic rings. The van der Waals surface area contributed by atoms with E-state index in [4.69, 9.17) is 11.6 Å². The predicted molar refractivity (Wildman–Crippen MR) is 149 cm³/mol. The van der Waals surface area contributed by atoms with Gasteiger partial charge < -0.3 is 14.9 Å². The maximum Gasteiger partial charge on any atom is 0.323 e. The summed E-state index contributed by atoms with van der Waals surface area (Å²) in [4.78, 5) is 35.8. The first kappa shape index (κ1) is 23.0. The Morgan fingerprint density at radius 2 is 1.76 bits per heavy atom. The fraction of sp³-hybridized carbons (Fsp3) is 0.0357. The van der Waals surface area contributed by atoms with Gasteiger partial charge in [0.2, 0.25) is 0 Å². The Labute approximate surface area is 220 Å². The van der Waals surface area contributed by atoms with Gasteiger partial charge in [0.1, 0.15) is 0 Å². The van der Waals surface area contributed by atoms with Crippen molar-refractivity contribution in [2.75, 3.05) is 10.2 Å². The number of nitrogens with zero attached hydrogens (tertiary/aromatic N) is 3. The van der Waals surface area contributed by atoms with Crippen LogP contribution in [-0.4, -0.2) is 26.3 Å². The summed E-state index contributed by atoms with van der Waals surface area (Å²) in [6, 6.07) is 23.0. The molecule has 3 heterocycles. The van der Waals surface area contributed by atoms with Crippen molar-refractivity contribution in [1.29, 1.82) is 0 Å². The summed E-state index contributed by atoms with van der Waals surface area (Å²) in [7, 11) is 0. The van der Waals surface area contributed by atoms with Crippen LogP contribution in [0.15, 0.2) is 96.8 Å². The number of carbonyl (C=O) groups excluding carboxylic acids is 2. The van der Waals surface area contributed by atoms with Crippen LogP contribution in [0.5, 0.6) is 0 Å². The van der Waals surface area contributed by atoms with E-state index >= 15 is 0 Å². The second-order valence-corrected chi connectivity index (χ2v) is 9.75. The van der Waals surface area contributed by atoms with Crippen LogP contribution < -0.4 is 10.2 Å². The van der Waals surface area contributed by atoms with Gasteiger partial charge in [-0.3, -0.25) is 9.59 Å². The molecule has 0 spiro atoms. The second kappa shape index (κ2) is 9.57. The molecule has 6 rings (SSSR count). The van der Waals surface area contributed by atoms with Crippen LogP contribution in [0.3, 0.4) is 0 Å². The summed E-state index contributed by atoms with van der Waals surface area (Å²) in [6.07, 6.45) is 5.18. The third kappa shape index (κ3) is 4.37. The first-order valence-electron chi connectivity index (χ1n) is 11.5. The first-order chi connectivity index (χ1) is 18.1. The highest BCUT2D eigenvalue weighted by Crippen LogP contribution is 2.34. The number of fused-ring (bicyclic) bond motifs is 2. The van der Waals surface area contributed by atoms with E-state index in [0.29, 0.717) is 28.1 Å². The third-order valence-electron chi connectivity index (χ3n) is 6.12. The van der Waals surface area contributed by atoms with Crippen LogP contribution in [0.25, 0.3) is 21.8 Å². The largest absolute Gasteiger partial charge is 0.359 e. The van der Waals surface area contributed by atoms with E-state index < -0.39 is 11.8 Å². The van der Waals surface area contributed by atoms with E-state index in [9.17, 15) is 9.59 Å². The molecule has 7 nitrogen and oxygen atoms in total. The quantitative estimate of drug-likeness (QED) is 0.249. The van der Waals surface area contributed by atoms with Crippen LogP contribution in [0.1, 0.15) is 5.56 Å². The van der Waals surface area contributed by atoms with Gasteiger partial charge in [-0.2, -0.15) is 0 Å². The van der Waals surface area contributed by atoms with Gasteiger partial charge in [0.05, 0.1) is 16.9 Å². The van der Waals surface area contributed by atoms with Crippen molar-refractivity contribution in [2.45, 2.75) is 6.54 Å². The van der Waals surface area contributed by atoms with Gasteiger partial charge in [0, 0.05) is 51.8 Å². The van der Waals surface area contributed by atoms with Gasteiger partial charge in [0.15, 0.2) is 5.13 Å². The van der Waals surface area contributed by atoms with Crippen LogP contribution in [0, 0.1) is 0 Å². The molecular formula is C28H20ClN5O2S. The van der Waals surface area contributed by atoms with Gasteiger partial charge in [-0.15, -0.1) is 11.3 Å². The van der Waals surface area contributed by atoms with E-state index in [1.54, 1.807) is 17.8 Å². The number of halogens is 1. The lowest BCUT2D eigenvalue weighted by atomic mass is 10.2. The number of hydrogen-bond donors (Lipinski definition) is 2. The Morgan fingerprint density at radius 3 is 2.54 bits per heavy atom. The molecule has 0 saturated carbocycles. The zero-order chi connectivity index (χ0) is 25.4. The number of aromatic amines is 1. The van der Waals surface area contributed by atoms with Gasteiger partial charge in [0.25, 0.3) is 0 Å². The zero-order valence-corrected chi connectivity index (χ0v) is 21.0. The molecule has 3 aromatic heterocycles. The van der Waals surface area contributed by atoms with Crippen LogP contribution in [0.4, 0.5) is 16.5 Å². The Kier molecular flexibility index (Phi) is 5.96. The normalized spacial score (nSPS) is 11.2. The fourth-order valence-electron chi connectivity index (χ4n) is 4.41. The highest BCUT2D eigenvalue weighted by atomic mass is 35.5. The minimum atomic E-state index is -0.755. The minimum Gasteiger partial charge on any atom is -0.359 e. The van der Waals surface area contributed by atoms with Crippen molar-refractivity contribution in [2.24, 2.45) is 0 Å². The lowest BCUT2D eigenvalue weighted by Gasteiger charge is -2.18. The maximum absolute atomic E-state index is 13.6. The average molecular weight is 526 g/mol. The molecular weight excluding hydrogens is 506 g/mol. The number of aromatic nitrogens is 3. The number of carbonyl (C=O) groups is 2. The summed E-state index contributed by atoms with van der Waals surface area (Å²) >= 11 is 7.32. The van der Waals surface area contributed by atoms with E-state index in [1.165, 1.54) is 16.2 Å². The molecule has 0 unspecified atom stereocenters. The zero-order valence-electron chi connectivity index (χ0n) is 19.4. The Balaban J connectivity index is 1.33. The highest BCUT2D eigenvalue weighted by molar-refractivity contribution is 7.14. The van der Waals surface area contributed by atoms with Crippen molar-refractivity contribution in [3.05, 3.63) is 107 Å². The molecule has 9 heteroatoms. The van der Waals surface area contributed by atoms with E-state index in [-0.39, 0.29) is 0 Å². The summed E-state index contributed by atoms with van der Waals surface area (Å²) in [5.74, 6) is -1.48. The van der Waals surface area contributed by atoms with Crippen LogP contribution in [-0.2, 0) is 16.1 Å². The summed E-state index contributed by atoms with van der Waals surface area (Å²) in [5, 5.41) is 7.36. The number of H-pyrrole nitrogens is 1. The van der Waals surface area contributed by atoms with E-state index in [2.05, 4.69) is 15.3 Å². The Morgan fingerprint density at radius 1 is 1.00 bits per heavy atom. The molecule has 6 aromatic rings. The first-order valence-corrected chi connectivity index (χ1v) is 12.8. The summed E-state index contributed by atoms with van der Waals surface area (Å²) in [5.41, 5.74) is 3.98. The molecule has 0 fully saturated rings. The Hall–Kier alpha value is -4.40. The van der Waals surface area contributed by atoms with Crippen molar-refractivity contribution >= 4 is 73.1 Å². The fourth-order valence-corrected chi connectivity index (χ4v) is 5.19. The molecule has 0 atom stereocenters. The molecule has 0 saturated heterocycles. The summed E-state index contributed by atoms with van der Waals surface area (Å²) in [6.45, 7) is 0.585. The average Bonchev–Trinajstić information content (AvgIpc) is 3.67. The number of anilines is 3. The molecule has 37 heavy (non-hydrogen) atoms. The minimum absolute atomic E-state index is 0.412. The number of rotatable bonds is 5. The molecule has 0 radical (unpaired) electrons. The van der Waals surface area contributed by atoms with Crippen molar-refractivity contribution in [3.8, 4) is 0 Å². The van der Waals surface area contributed by atoms with Crippen LogP contribution in [0.2, 0.25) is 5.02 Å². The van der Waals surface area contributed by atoms with Gasteiger partial charge in [-0.1, -0.05) is 60.1 Å². The van der Waals surface area contributed by atoms with Gasteiger partial charge >= 0.3 is 11.8 Å². The number of benzene rings is 3. The monoisotopic (exact) mass is 525 g/mol. The lowest BCUT2D eigenvalue weighted by Crippen LogP contribution is -2.36. The lowest BCUT2D eigenvalue weighted by molar-refractivity contribution is -0.134. The smallest absolute Gasteiger partial charge is 0.323 e. The van der Waals surface area contributed by atoms with Crippen molar-refractivity contribution in [1.82, 2.24) is 14.5 Å². The molecule has 0 bridgehead atoms. The van der Waals surface area contributed by atoms with Crippen LogP contribution >= 0.6 is 22.9 Å². The predicted octanol–water partition coefficient (Wildman–Crippen LogP) is 6.58. The molecule has 182 valence electrons. The number of amides is 2. The van der Waals surface area contributed by atoms with Crippen molar-refractivity contribution in [3.63, 3.8) is 0 Å². The molecule has 0 aliphatic heterocycles. The summed E-state index contributed by atoms with van der Waals surface area (Å²) < 4.78 is 2.04. The van der Waals surface area contributed by atoms with Gasteiger partial charge in [-0.05, 0) is 29.8 Å². The standard InChI is InChI=1S/C28H20ClN5O2S/c29-19-11-9-18(10-12-19)16-33-17-23(21-6-2-4-8-24(21)33)32-26(35)27(36)34(28-30-13-14-37-28)25-15-31-22-7-3-1-5-20(22)25/h1-15,17,31H,16H2,(H,32,35). The van der Waals surface area contributed by atoms with Crippen molar-refractivity contribution < 1.29 is 9.59 Å². The SMILES string of the molecule is O=C(Nc1cn(Cc2ccc(Cl)cc2)c2ccccc12)C(=O)N(c1nccs1)c1c[nH]c2ccccc12. The molecule has 3 aromatic carbocycles. The number of hydrogen-bond acceptors (Lipinski definition) is 4. The van der Waals surface area contributed by atoms with E-state index in [1.807, 2.05) is 83.6 Å². The topological polar surface area (TPSA) is 83.0 Å². The number of para-hydroxylation sites is 2. The second-order valence-electron chi connectivity index (χ2n) is 8.44. The third-order valence-corrected chi connectivity index (χ3v) is 7.13.